The number of imidazole rings is 1. The molecule has 0 aliphatic heterocycles. The fourth-order valence-electron chi connectivity index (χ4n) is 4.16. The molecule has 3 aromatic carbocycles. The molecule has 43 heavy (non-hydrogen) atoms. The molecule has 13 heteroatoms. The van der Waals surface area contributed by atoms with Crippen LogP contribution in [-0.4, -0.2) is 50.2 Å². The number of aryl methyl sites for hydroxylation is 1. The first kappa shape index (κ1) is 30.2. The van der Waals surface area contributed by atoms with Crippen LogP contribution in [0.25, 0.3) is 0 Å². The summed E-state index contributed by atoms with van der Waals surface area (Å²) in [6, 6.07) is 20.9. The number of hydrogen-bond donors (Lipinski definition) is 3. The number of carbonyl (C=O) groups is 3. The van der Waals surface area contributed by atoms with Gasteiger partial charge in [0.05, 0.1) is 0 Å². The highest BCUT2D eigenvalue weighted by atomic mass is 16.6. The fourth-order valence-corrected chi connectivity index (χ4v) is 4.16. The summed E-state index contributed by atoms with van der Waals surface area (Å²) in [7, 11) is 0. The Hall–Kier alpha value is -5.72. The smallest absolute Gasteiger partial charge is 0.408 e. The molecule has 0 spiro atoms. The van der Waals surface area contributed by atoms with Gasteiger partial charge in [-0.15, -0.1) is 0 Å². The lowest BCUT2D eigenvalue weighted by Crippen LogP contribution is -2.45. The van der Waals surface area contributed by atoms with Gasteiger partial charge in [-0.25, -0.2) is 19.1 Å². The number of nitrogens with one attached hydrogen (secondary N) is 2. The quantitative estimate of drug-likeness (QED) is 0.0952. The summed E-state index contributed by atoms with van der Waals surface area (Å²) in [4.78, 5) is 53.1. The molecule has 1 aromatic heterocycles. The van der Waals surface area contributed by atoms with Gasteiger partial charge in [0.1, 0.15) is 43.3 Å². The van der Waals surface area contributed by atoms with Crippen molar-refractivity contribution in [3.8, 4) is 5.75 Å². The Morgan fingerprint density at radius 1 is 1.00 bits per heavy atom. The van der Waals surface area contributed by atoms with Crippen molar-refractivity contribution in [2.24, 2.45) is 0 Å². The number of ether oxygens (including phenoxy) is 2. The van der Waals surface area contributed by atoms with E-state index in [0.29, 0.717) is 5.82 Å². The van der Waals surface area contributed by atoms with Crippen molar-refractivity contribution < 1.29 is 33.9 Å². The second-order valence-corrected chi connectivity index (χ2v) is 9.38. The normalized spacial score (nSPS) is 11.3. The maximum atomic E-state index is 13.3. The number of aromatic hydroxyl groups is 1. The number of benzene rings is 3. The Balaban J connectivity index is 1.41. The first-order valence-corrected chi connectivity index (χ1v) is 13.2. The number of phenolic OH excluding ortho intramolecular Hbond substituents is 1. The van der Waals surface area contributed by atoms with Crippen molar-refractivity contribution in [3.63, 3.8) is 0 Å². The van der Waals surface area contributed by atoms with Gasteiger partial charge in [0.2, 0.25) is 5.91 Å². The van der Waals surface area contributed by atoms with E-state index in [2.05, 4.69) is 15.6 Å². The lowest BCUT2D eigenvalue weighted by molar-refractivity contribution is -0.392. The standard InChI is InChI=1S/C30H29N5O8/c1-20-31-18-27(35(40)41)34(20)14-15-42-29(38)24-17-23(12-13-26(24)36)32-28(37)25(16-21-8-4-2-5-9-21)33-30(39)43-19-22-10-6-3-7-11-22/h2-13,17-18,25,36H,14-16,19H2,1H3,(H,32,37)(H,33,39)/t25-/m0/s1. The van der Waals surface area contributed by atoms with Crippen molar-refractivity contribution >= 4 is 29.5 Å². The molecule has 13 nitrogen and oxygen atoms in total. The van der Waals surface area contributed by atoms with Crippen molar-refractivity contribution in [3.05, 3.63) is 118 Å². The minimum atomic E-state index is -1.04. The van der Waals surface area contributed by atoms with Gasteiger partial charge in [-0.05, 0) is 34.2 Å². The molecule has 0 unspecified atom stereocenters. The molecule has 0 aliphatic rings. The molecule has 4 rings (SSSR count). The molecule has 0 saturated carbocycles. The zero-order valence-electron chi connectivity index (χ0n) is 23.1. The van der Waals surface area contributed by atoms with Crippen LogP contribution in [0.5, 0.6) is 5.75 Å². The Morgan fingerprint density at radius 2 is 1.67 bits per heavy atom. The Morgan fingerprint density at radius 3 is 2.35 bits per heavy atom. The third-order valence-electron chi connectivity index (χ3n) is 6.36. The number of nitrogens with zero attached hydrogens (tertiary/aromatic N) is 3. The minimum absolute atomic E-state index is 0.0174. The number of aromatic nitrogens is 2. The van der Waals surface area contributed by atoms with Gasteiger partial charge in [-0.3, -0.25) is 4.79 Å². The third kappa shape index (κ3) is 8.39. The molecular formula is C30H29N5O8. The lowest BCUT2D eigenvalue weighted by Gasteiger charge is -2.19. The van der Waals surface area contributed by atoms with Crippen LogP contribution in [0.3, 0.4) is 0 Å². The molecular weight excluding hydrogens is 558 g/mol. The first-order valence-electron chi connectivity index (χ1n) is 13.2. The largest absolute Gasteiger partial charge is 0.507 e. The van der Waals surface area contributed by atoms with Crippen LogP contribution in [0.1, 0.15) is 27.3 Å². The third-order valence-corrected chi connectivity index (χ3v) is 6.36. The van der Waals surface area contributed by atoms with Gasteiger partial charge in [-0.2, -0.15) is 0 Å². The first-order chi connectivity index (χ1) is 20.7. The molecule has 0 bridgehead atoms. The molecule has 4 aromatic rings. The van der Waals surface area contributed by atoms with Crippen LogP contribution in [0.2, 0.25) is 0 Å². The van der Waals surface area contributed by atoms with E-state index in [0.717, 1.165) is 17.3 Å². The number of nitro groups is 1. The second kappa shape index (κ2) is 14.3. The molecule has 222 valence electrons. The summed E-state index contributed by atoms with van der Waals surface area (Å²) in [5.74, 6) is -1.76. The van der Waals surface area contributed by atoms with Crippen LogP contribution < -0.4 is 10.6 Å². The SMILES string of the molecule is Cc1ncc([N+](=O)[O-])n1CCOC(=O)c1cc(NC(=O)[C@H](Cc2ccccc2)NC(=O)OCc2ccccc2)ccc1O. The lowest BCUT2D eigenvalue weighted by atomic mass is 10.1. The van der Waals surface area contributed by atoms with Crippen molar-refractivity contribution in [1.82, 2.24) is 14.9 Å². The van der Waals surface area contributed by atoms with Gasteiger partial charge < -0.3 is 35.3 Å². The summed E-state index contributed by atoms with van der Waals surface area (Å²) in [5.41, 5.74) is 1.50. The van der Waals surface area contributed by atoms with Gasteiger partial charge in [0, 0.05) is 19.0 Å². The highest BCUT2D eigenvalue weighted by Crippen LogP contribution is 2.23. The molecule has 2 amide bonds. The number of carbonyl (C=O) groups excluding carboxylic acids is 3. The Labute approximate surface area is 246 Å². The van der Waals surface area contributed by atoms with Crippen LogP contribution >= 0.6 is 0 Å². The molecule has 0 saturated heterocycles. The Bertz CT molecular complexity index is 1590. The van der Waals surface area contributed by atoms with E-state index in [1.807, 2.05) is 48.5 Å². The molecule has 0 aliphatic carbocycles. The summed E-state index contributed by atoms with van der Waals surface area (Å²) in [5, 5.41) is 26.7. The number of alkyl carbamates (subject to hydrolysis) is 1. The van der Waals surface area contributed by atoms with E-state index in [1.54, 1.807) is 19.1 Å². The van der Waals surface area contributed by atoms with Crippen LogP contribution in [-0.2, 0) is 33.8 Å². The number of rotatable bonds is 12. The van der Waals surface area contributed by atoms with Crippen molar-refractivity contribution in [1.29, 1.82) is 0 Å². The van der Waals surface area contributed by atoms with Crippen molar-refractivity contribution in [2.45, 2.75) is 32.5 Å². The van der Waals surface area contributed by atoms with E-state index in [9.17, 15) is 29.6 Å². The van der Waals surface area contributed by atoms with E-state index in [1.165, 1.54) is 22.8 Å². The Kier molecular flexibility index (Phi) is 10.0. The number of esters is 1. The zero-order chi connectivity index (χ0) is 30.8. The molecule has 1 heterocycles. The maximum Gasteiger partial charge on any atom is 0.408 e. The predicted molar refractivity (Wildman–Crippen MR) is 154 cm³/mol. The van der Waals surface area contributed by atoms with Crippen LogP contribution in [0.15, 0.2) is 85.1 Å². The van der Waals surface area contributed by atoms with E-state index in [4.69, 9.17) is 9.47 Å². The molecule has 3 N–H and O–H groups in total. The topological polar surface area (TPSA) is 175 Å². The monoisotopic (exact) mass is 587 g/mol. The second-order valence-electron chi connectivity index (χ2n) is 9.38. The minimum Gasteiger partial charge on any atom is -0.507 e. The predicted octanol–water partition coefficient (Wildman–Crippen LogP) is 4.14. The van der Waals surface area contributed by atoms with E-state index < -0.39 is 34.7 Å². The van der Waals surface area contributed by atoms with Crippen LogP contribution in [0, 0.1) is 17.0 Å². The summed E-state index contributed by atoms with van der Waals surface area (Å²) in [6.07, 6.45) is 0.473. The van der Waals surface area contributed by atoms with Gasteiger partial charge in [0.15, 0.2) is 5.82 Å². The highest BCUT2D eigenvalue weighted by Gasteiger charge is 2.24. The average Bonchev–Trinajstić information content (AvgIpc) is 3.38. The molecule has 0 fully saturated rings. The number of phenols is 1. The van der Waals surface area contributed by atoms with Gasteiger partial charge in [0.25, 0.3) is 0 Å². The van der Waals surface area contributed by atoms with Gasteiger partial charge in [-0.1, -0.05) is 60.7 Å². The van der Waals surface area contributed by atoms with Gasteiger partial charge >= 0.3 is 17.9 Å². The average molecular weight is 588 g/mol. The van der Waals surface area contributed by atoms with Crippen LogP contribution in [0.4, 0.5) is 16.3 Å². The number of hydrogen-bond acceptors (Lipinski definition) is 9. The van der Waals surface area contributed by atoms with E-state index in [-0.39, 0.29) is 43.2 Å². The van der Waals surface area contributed by atoms with E-state index >= 15 is 0 Å². The summed E-state index contributed by atoms with van der Waals surface area (Å²) < 4.78 is 11.8. The number of anilines is 1. The zero-order valence-corrected chi connectivity index (χ0v) is 23.1. The fraction of sp³-hybridized carbons (Fsp3) is 0.200. The molecule has 1 atom stereocenters. The highest BCUT2D eigenvalue weighted by molar-refractivity contribution is 5.99. The van der Waals surface area contributed by atoms with Crippen molar-refractivity contribution in [2.75, 3.05) is 11.9 Å². The maximum absolute atomic E-state index is 13.3. The summed E-state index contributed by atoms with van der Waals surface area (Å²) >= 11 is 0. The number of amides is 2. The molecule has 0 radical (unpaired) electrons. The summed E-state index contributed by atoms with van der Waals surface area (Å²) in [6.45, 7) is 1.33.